The molecule has 4 nitrogen and oxygen atoms in total. The van der Waals surface area contributed by atoms with Crippen molar-refractivity contribution in [2.45, 2.75) is 38.6 Å². The number of nitrogens with two attached hydrogens (primary N) is 1. The Labute approximate surface area is 115 Å². The monoisotopic (exact) mass is 264 g/mol. The molecule has 0 spiro atoms. The van der Waals surface area contributed by atoms with Crippen LogP contribution in [0.25, 0.3) is 0 Å². The standard InChI is InChI=1S/C15H24N2O2/c1-4-6-14(10-19-3)17-15(18)11(2)12-7-5-8-13(16)9-12/h5,7-9,11,14H,4,6,10,16H2,1-3H3,(H,17,18). The third-order valence-electron chi connectivity index (χ3n) is 3.16. The summed E-state index contributed by atoms with van der Waals surface area (Å²) < 4.78 is 5.13. The Morgan fingerprint density at radius 1 is 1.47 bits per heavy atom. The van der Waals surface area contributed by atoms with Crippen LogP contribution < -0.4 is 11.1 Å². The molecule has 1 aromatic carbocycles. The molecule has 2 unspecified atom stereocenters. The maximum Gasteiger partial charge on any atom is 0.227 e. The van der Waals surface area contributed by atoms with Crippen molar-refractivity contribution in [1.82, 2.24) is 5.32 Å². The molecule has 3 N–H and O–H groups in total. The summed E-state index contributed by atoms with van der Waals surface area (Å²) in [4.78, 5) is 12.2. The molecule has 2 atom stereocenters. The van der Waals surface area contributed by atoms with Crippen molar-refractivity contribution in [3.8, 4) is 0 Å². The van der Waals surface area contributed by atoms with Gasteiger partial charge in [0.1, 0.15) is 0 Å². The third-order valence-corrected chi connectivity index (χ3v) is 3.16. The molecule has 19 heavy (non-hydrogen) atoms. The van der Waals surface area contributed by atoms with E-state index in [1.54, 1.807) is 7.11 Å². The topological polar surface area (TPSA) is 64.3 Å². The molecule has 1 rings (SSSR count). The first-order valence-corrected chi connectivity index (χ1v) is 6.73. The molecule has 0 aromatic heterocycles. The fourth-order valence-corrected chi connectivity index (χ4v) is 2.05. The Kier molecular flexibility index (Phi) is 6.36. The number of nitrogens with one attached hydrogen (secondary N) is 1. The highest BCUT2D eigenvalue weighted by molar-refractivity contribution is 5.83. The van der Waals surface area contributed by atoms with Crippen molar-refractivity contribution in [2.24, 2.45) is 0 Å². The van der Waals surface area contributed by atoms with Crippen LogP contribution in [0.15, 0.2) is 24.3 Å². The first-order valence-electron chi connectivity index (χ1n) is 6.73. The Morgan fingerprint density at radius 2 is 2.21 bits per heavy atom. The molecule has 0 heterocycles. The number of rotatable bonds is 7. The molecule has 0 radical (unpaired) electrons. The SMILES string of the molecule is CCCC(COC)NC(=O)C(C)c1cccc(N)c1. The van der Waals surface area contributed by atoms with Gasteiger partial charge in [-0.15, -0.1) is 0 Å². The summed E-state index contributed by atoms with van der Waals surface area (Å²) in [6.45, 7) is 4.53. The zero-order chi connectivity index (χ0) is 14.3. The Hall–Kier alpha value is -1.55. The van der Waals surface area contributed by atoms with E-state index in [9.17, 15) is 4.79 Å². The summed E-state index contributed by atoms with van der Waals surface area (Å²) in [5, 5.41) is 3.03. The van der Waals surface area contributed by atoms with Crippen LogP contribution in [0.5, 0.6) is 0 Å². The minimum atomic E-state index is -0.209. The number of ether oxygens (including phenoxy) is 1. The fraction of sp³-hybridized carbons (Fsp3) is 0.533. The Balaban J connectivity index is 2.65. The first kappa shape index (κ1) is 15.5. The number of amides is 1. The number of nitrogen functional groups attached to an aromatic ring is 1. The highest BCUT2D eigenvalue weighted by Crippen LogP contribution is 2.18. The van der Waals surface area contributed by atoms with Gasteiger partial charge in [0.05, 0.1) is 18.6 Å². The lowest BCUT2D eigenvalue weighted by Gasteiger charge is -2.20. The molecule has 106 valence electrons. The van der Waals surface area contributed by atoms with Crippen molar-refractivity contribution in [2.75, 3.05) is 19.5 Å². The van der Waals surface area contributed by atoms with Gasteiger partial charge in [0.25, 0.3) is 0 Å². The Bertz CT molecular complexity index is 401. The lowest BCUT2D eigenvalue weighted by atomic mass is 9.99. The molecular formula is C15H24N2O2. The van der Waals surface area contributed by atoms with E-state index in [0.717, 1.165) is 18.4 Å². The van der Waals surface area contributed by atoms with Crippen molar-refractivity contribution >= 4 is 11.6 Å². The van der Waals surface area contributed by atoms with Crippen molar-refractivity contribution in [3.05, 3.63) is 29.8 Å². The minimum Gasteiger partial charge on any atom is -0.399 e. The van der Waals surface area contributed by atoms with E-state index in [1.165, 1.54) is 0 Å². The van der Waals surface area contributed by atoms with Crippen LogP contribution in [0.1, 0.15) is 38.2 Å². The van der Waals surface area contributed by atoms with Crippen molar-refractivity contribution < 1.29 is 9.53 Å². The van der Waals surface area contributed by atoms with Crippen molar-refractivity contribution in [3.63, 3.8) is 0 Å². The number of carbonyl (C=O) groups excluding carboxylic acids is 1. The van der Waals surface area contributed by atoms with Gasteiger partial charge in [0, 0.05) is 12.8 Å². The fourth-order valence-electron chi connectivity index (χ4n) is 2.05. The zero-order valence-electron chi connectivity index (χ0n) is 12.0. The molecule has 1 aromatic rings. The average Bonchev–Trinajstić information content (AvgIpc) is 2.38. The molecule has 4 heteroatoms. The molecule has 0 saturated heterocycles. The Morgan fingerprint density at radius 3 is 2.79 bits per heavy atom. The summed E-state index contributed by atoms with van der Waals surface area (Å²) in [6, 6.07) is 7.53. The van der Waals surface area contributed by atoms with E-state index in [0.29, 0.717) is 12.3 Å². The second-order valence-electron chi connectivity index (χ2n) is 4.84. The molecule has 1 amide bonds. The van der Waals surface area contributed by atoms with Gasteiger partial charge in [-0.3, -0.25) is 4.79 Å². The van der Waals surface area contributed by atoms with Crippen LogP contribution in [0.2, 0.25) is 0 Å². The molecule has 0 bridgehead atoms. The molecule has 0 aliphatic carbocycles. The van der Waals surface area contributed by atoms with Gasteiger partial charge in [-0.2, -0.15) is 0 Å². The second-order valence-corrected chi connectivity index (χ2v) is 4.84. The minimum absolute atomic E-state index is 0.0149. The highest BCUT2D eigenvalue weighted by Gasteiger charge is 2.18. The lowest BCUT2D eigenvalue weighted by molar-refractivity contribution is -0.123. The van der Waals surface area contributed by atoms with Crippen LogP contribution in [-0.2, 0) is 9.53 Å². The van der Waals surface area contributed by atoms with Crippen molar-refractivity contribution in [1.29, 1.82) is 0 Å². The number of carbonyl (C=O) groups is 1. The summed E-state index contributed by atoms with van der Waals surface area (Å²) in [6.07, 6.45) is 1.93. The van der Waals surface area contributed by atoms with Gasteiger partial charge >= 0.3 is 0 Å². The number of hydrogen-bond acceptors (Lipinski definition) is 3. The molecule has 0 aliphatic heterocycles. The van der Waals surface area contributed by atoms with E-state index in [1.807, 2.05) is 31.2 Å². The highest BCUT2D eigenvalue weighted by atomic mass is 16.5. The van der Waals surface area contributed by atoms with Crippen LogP contribution in [0, 0.1) is 0 Å². The quantitative estimate of drug-likeness (QED) is 0.743. The number of hydrogen-bond donors (Lipinski definition) is 2. The largest absolute Gasteiger partial charge is 0.399 e. The van der Waals surface area contributed by atoms with Gasteiger partial charge in [-0.05, 0) is 31.0 Å². The normalized spacial score (nSPS) is 13.8. The van der Waals surface area contributed by atoms with Crippen LogP contribution in [0.4, 0.5) is 5.69 Å². The van der Waals surface area contributed by atoms with Gasteiger partial charge in [0.2, 0.25) is 5.91 Å². The van der Waals surface area contributed by atoms with Crippen LogP contribution in [0.3, 0.4) is 0 Å². The van der Waals surface area contributed by atoms with Crippen LogP contribution in [-0.4, -0.2) is 25.7 Å². The molecular weight excluding hydrogens is 240 g/mol. The van der Waals surface area contributed by atoms with Gasteiger partial charge in [0.15, 0.2) is 0 Å². The van der Waals surface area contributed by atoms with E-state index in [2.05, 4.69) is 12.2 Å². The molecule has 0 fully saturated rings. The number of anilines is 1. The maximum absolute atomic E-state index is 12.2. The van der Waals surface area contributed by atoms with Crippen LogP contribution >= 0.6 is 0 Å². The lowest BCUT2D eigenvalue weighted by Crippen LogP contribution is -2.40. The van der Waals surface area contributed by atoms with E-state index < -0.39 is 0 Å². The summed E-state index contributed by atoms with van der Waals surface area (Å²) in [7, 11) is 1.65. The molecule has 0 aliphatic rings. The maximum atomic E-state index is 12.2. The summed E-state index contributed by atoms with van der Waals surface area (Å²) in [5.74, 6) is -0.194. The smallest absolute Gasteiger partial charge is 0.227 e. The second kappa shape index (κ2) is 7.79. The van der Waals surface area contributed by atoms with Gasteiger partial charge in [-0.25, -0.2) is 0 Å². The van der Waals surface area contributed by atoms with E-state index >= 15 is 0 Å². The van der Waals surface area contributed by atoms with Gasteiger partial charge in [-0.1, -0.05) is 25.5 Å². The molecule has 0 saturated carbocycles. The predicted molar refractivity (Wildman–Crippen MR) is 78.0 cm³/mol. The predicted octanol–water partition coefficient (Wildman–Crippen LogP) is 2.30. The number of methoxy groups -OCH3 is 1. The van der Waals surface area contributed by atoms with E-state index in [4.69, 9.17) is 10.5 Å². The summed E-state index contributed by atoms with van der Waals surface area (Å²) >= 11 is 0. The van der Waals surface area contributed by atoms with Gasteiger partial charge < -0.3 is 15.8 Å². The zero-order valence-corrected chi connectivity index (χ0v) is 12.0. The third kappa shape index (κ3) is 4.91. The number of benzene rings is 1. The van der Waals surface area contributed by atoms with E-state index in [-0.39, 0.29) is 17.9 Å². The summed E-state index contributed by atoms with van der Waals surface area (Å²) in [5.41, 5.74) is 7.36. The average molecular weight is 264 g/mol. The first-order chi connectivity index (χ1) is 9.08.